The number of anilines is 1. The lowest BCUT2D eigenvalue weighted by atomic mass is 9.82. The first-order valence-corrected chi connectivity index (χ1v) is 12.1. The molecule has 1 aliphatic heterocycles. The molecule has 2 aliphatic rings. The van der Waals surface area contributed by atoms with Gasteiger partial charge in [-0.15, -0.1) is 11.3 Å². The van der Waals surface area contributed by atoms with Gasteiger partial charge < -0.3 is 14.4 Å². The molecule has 0 bridgehead atoms. The van der Waals surface area contributed by atoms with E-state index in [9.17, 15) is 9.59 Å². The van der Waals surface area contributed by atoms with E-state index in [4.69, 9.17) is 9.47 Å². The minimum Gasteiger partial charge on any atom is -0.465 e. The van der Waals surface area contributed by atoms with Crippen molar-refractivity contribution in [2.75, 3.05) is 25.2 Å². The largest absolute Gasteiger partial charge is 0.465 e. The van der Waals surface area contributed by atoms with Gasteiger partial charge in [0.15, 0.2) is 0 Å². The van der Waals surface area contributed by atoms with Crippen molar-refractivity contribution in [3.8, 4) is 10.4 Å². The van der Waals surface area contributed by atoms with Gasteiger partial charge in [-0.1, -0.05) is 37.3 Å². The average molecular weight is 442 g/mol. The van der Waals surface area contributed by atoms with Gasteiger partial charge in [0.25, 0.3) is 0 Å². The number of hydrogen-bond acceptors (Lipinski definition) is 5. The number of carbonyl (C=O) groups is 2. The van der Waals surface area contributed by atoms with Crippen molar-refractivity contribution in [3.63, 3.8) is 0 Å². The third-order valence-electron chi connectivity index (χ3n) is 6.47. The Hall–Kier alpha value is -2.18. The maximum Gasteiger partial charge on any atom is 0.350 e. The number of hydrogen-bond donors (Lipinski definition) is 0. The lowest BCUT2D eigenvalue weighted by Gasteiger charge is -2.32. The standard InChI is InChI=1S/C25H31NO4S/c1-17-10-12-19(13-11-17)24(27)26(16-20-9-6-14-30-20)21-15-22(18-7-4-3-5-8-18)31-23(21)25(28)29-2/h3-5,7-8,15,17,19-20H,6,9-14,16H2,1-2H3/t17?,19?,20-/m1/s1. The SMILES string of the molecule is COC(=O)c1sc(-c2ccccc2)cc1N(C[C@H]1CCCO1)C(=O)C1CCC(C)CC1. The van der Waals surface area contributed by atoms with E-state index in [0.29, 0.717) is 23.0 Å². The molecule has 5 nitrogen and oxygen atoms in total. The van der Waals surface area contributed by atoms with Crippen LogP contribution in [0.15, 0.2) is 36.4 Å². The molecule has 1 atom stereocenters. The van der Waals surface area contributed by atoms with Crippen LogP contribution in [0, 0.1) is 11.8 Å². The van der Waals surface area contributed by atoms with Gasteiger partial charge in [0, 0.05) is 17.4 Å². The quantitative estimate of drug-likeness (QED) is 0.552. The Morgan fingerprint density at radius 1 is 1.13 bits per heavy atom. The van der Waals surface area contributed by atoms with Crippen molar-refractivity contribution in [2.24, 2.45) is 11.8 Å². The van der Waals surface area contributed by atoms with Crippen LogP contribution in [0.2, 0.25) is 0 Å². The van der Waals surface area contributed by atoms with Crippen LogP contribution < -0.4 is 4.90 Å². The topological polar surface area (TPSA) is 55.8 Å². The highest BCUT2D eigenvalue weighted by Gasteiger charge is 2.34. The van der Waals surface area contributed by atoms with Crippen molar-refractivity contribution in [1.82, 2.24) is 0 Å². The van der Waals surface area contributed by atoms with Gasteiger partial charge >= 0.3 is 5.97 Å². The number of ether oxygens (including phenoxy) is 2. The van der Waals surface area contributed by atoms with Crippen molar-refractivity contribution < 1.29 is 19.1 Å². The number of benzene rings is 1. The fourth-order valence-corrected chi connectivity index (χ4v) is 5.68. The van der Waals surface area contributed by atoms with Crippen LogP contribution in [0.4, 0.5) is 5.69 Å². The molecule has 2 aromatic rings. The molecule has 1 aliphatic carbocycles. The van der Waals surface area contributed by atoms with Crippen LogP contribution in [0.3, 0.4) is 0 Å². The highest BCUT2D eigenvalue weighted by Crippen LogP contribution is 2.39. The second-order valence-corrected chi connectivity index (χ2v) is 9.78. The molecule has 1 saturated heterocycles. The molecule has 1 amide bonds. The first-order chi connectivity index (χ1) is 15.1. The Morgan fingerprint density at radius 2 is 1.87 bits per heavy atom. The van der Waals surface area contributed by atoms with Gasteiger partial charge in [-0.05, 0) is 56.1 Å². The average Bonchev–Trinajstić information content (AvgIpc) is 3.48. The van der Waals surface area contributed by atoms with Gasteiger partial charge in [0.1, 0.15) is 4.88 Å². The summed E-state index contributed by atoms with van der Waals surface area (Å²) in [7, 11) is 1.39. The Labute approximate surface area is 188 Å². The van der Waals surface area contributed by atoms with Crippen molar-refractivity contribution in [1.29, 1.82) is 0 Å². The van der Waals surface area contributed by atoms with Gasteiger partial charge in [-0.2, -0.15) is 0 Å². The molecule has 2 heterocycles. The van der Waals surface area contributed by atoms with E-state index in [0.717, 1.165) is 55.6 Å². The van der Waals surface area contributed by atoms with E-state index in [1.165, 1.54) is 18.4 Å². The van der Waals surface area contributed by atoms with Crippen molar-refractivity contribution in [2.45, 2.75) is 51.6 Å². The Balaban J connectivity index is 1.71. The van der Waals surface area contributed by atoms with Crippen LogP contribution in [-0.4, -0.2) is 38.2 Å². The molecule has 0 radical (unpaired) electrons. The van der Waals surface area contributed by atoms with E-state index >= 15 is 0 Å². The molecule has 4 rings (SSSR count). The van der Waals surface area contributed by atoms with Crippen molar-refractivity contribution >= 4 is 28.9 Å². The lowest BCUT2D eigenvalue weighted by Crippen LogP contribution is -2.42. The third kappa shape index (κ3) is 5.01. The van der Waals surface area contributed by atoms with Gasteiger partial charge in [-0.25, -0.2) is 4.79 Å². The lowest BCUT2D eigenvalue weighted by molar-refractivity contribution is -0.123. The number of methoxy groups -OCH3 is 1. The fraction of sp³-hybridized carbons (Fsp3) is 0.520. The number of amides is 1. The number of esters is 1. The van der Waals surface area contributed by atoms with Crippen LogP contribution >= 0.6 is 11.3 Å². The maximum absolute atomic E-state index is 13.7. The first kappa shape index (κ1) is 22.0. The molecule has 0 N–H and O–H groups in total. The molecule has 0 spiro atoms. The zero-order valence-electron chi connectivity index (χ0n) is 18.3. The molecule has 1 aromatic heterocycles. The van der Waals surface area contributed by atoms with Crippen LogP contribution in [0.25, 0.3) is 10.4 Å². The van der Waals surface area contributed by atoms with E-state index in [-0.39, 0.29) is 17.9 Å². The van der Waals surface area contributed by atoms with Crippen LogP contribution in [0.1, 0.15) is 55.1 Å². The highest BCUT2D eigenvalue weighted by atomic mass is 32.1. The smallest absolute Gasteiger partial charge is 0.350 e. The summed E-state index contributed by atoms with van der Waals surface area (Å²) in [6.45, 7) is 3.47. The van der Waals surface area contributed by atoms with Crippen molar-refractivity contribution in [3.05, 3.63) is 41.3 Å². The number of nitrogens with zero attached hydrogens (tertiary/aromatic N) is 1. The van der Waals surface area contributed by atoms with Gasteiger partial charge in [0.05, 0.1) is 25.4 Å². The second-order valence-electron chi connectivity index (χ2n) is 8.72. The first-order valence-electron chi connectivity index (χ1n) is 11.3. The van der Waals surface area contributed by atoms with E-state index in [1.807, 2.05) is 41.3 Å². The normalized spacial score (nSPS) is 23.5. The summed E-state index contributed by atoms with van der Waals surface area (Å²) in [6.07, 6.45) is 5.93. The summed E-state index contributed by atoms with van der Waals surface area (Å²) >= 11 is 1.39. The number of carbonyl (C=O) groups excluding carboxylic acids is 2. The molecule has 0 unspecified atom stereocenters. The molecule has 166 valence electrons. The molecule has 1 saturated carbocycles. The Bertz CT molecular complexity index is 896. The molecule has 2 fully saturated rings. The molecule has 1 aromatic carbocycles. The van der Waals surface area contributed by atoms with E-state index in [1.54, 1.807) is 0 Å². The maximum atomic E-state index is 13.7. The zero-order chi connectivity index (χ0) is 21.8. The summed E-state index contributed by atoms with van der Waals surface area (Å²) in [6, 6.07) is 11.9. The van der Waals surface area contributed by atoms with Crippen LogP contribution in [0.5, 0.6) is 0 Å². The third-order valence-corrected chi connectivity index (χ3v) is 7.63. The molecule has 6 heteroatoms. The predicted octanol–water partition coefficient (Wildman–Crippen LogP) is 5.54. The van der Waals surface area contributed by atoms with E-state index in [2.05, 4.69) is 6.92 Å². The molecular weight excluding hydrogens is 410 g/mol. The summed E-state index contributed by atoms with van der Waals surface area (Å²) in [5.41, 5.74) is 1.69. The fourth-order valence-electron chi connectivity index (χ4n) is 4.59. The highest BCUT2D eigenvalue weighted by molar-refractivity contribution is 7.18. The minimum absolute atomic E-state index is 0.00294. The second kappa shape index (κ2) is 9.96. The summed E-state index contributed by atoms with van der Waals surface area (Å²) in [5, 5.41) is 0. The Kier molecular flexibility index (Phi) is 7.08. The Morgan fingerprint density at radius 3 is 2.52 bits per heavy atom. The number of thiophene rings is 1. The molecule has 31 heavy (non-hydrogen) atoms. The predicted molar refractivity (Wildman–Crippen MR) is 124 cm³/mol. The zero-order valence-corrected chi connectivity index (χ0v) is 19.2. The summed E-state index contributed by atoms with van der Waals surface area (Å²) in [4.78, 5) is 29.7. The monoisotopic (exact) mass is 441 g/mol. The van der Waals surface area contributed by atoms with Gasteiger partial charge in [-0.3, -0.25) is 4.79 Å². The van der Waals surface area contributed by atoms with Gasteiger partial charge in [0.2, 0.25) is 5.91 Å². The minimum atomic E-state index is -0.399. The summed E-state index contributed by atoms with van der Waals surface area (Å²) in [5.74, 6) is 0.393. The number of rotatable bonds is 6. The van der Waals surface area contributed by atoms with E-state index < -0.39 is 5.97 Å². The molecular formula is C25H31NO4S. The summed E-state index contributed by atoms with van der Waals surface area (Å²) < 4.78 is 11.0. The van der Waals surface area contributed by atoms with Crippen LogP contribution in [-0.2, 0) is 14.3 Å².